The van der Waals surface area contributed by atoms with Crippen LogP contribution in [0.2, 0.25) is 0 Å². The lowest BCUT2D eigenvalue weighted by Crippen LogP contribution is -2.41. The number of nitrogens with zero attached hydrogens (tertiary/aromatic N) is 3. The predicted molar refractivity (Wildman–Crippen MR) is 136 cm³/mol. The number of nitrogens with one attached hydrogen (secondary N) is 2. The van der Waals surface area contributed by atoms with Gasteiger partial charge in [-0.3, -0.25) is 14.9 Å². The number of hydrogen-bond acceptors (Lipinski definition) is 7. The number of halogens is 1. The number of thioether (sulfide) groups is 1. The van der Waals surface area contributed by atoms with Gasteiger partial charge in [0.2, 0.25) is 5.95 Å². The maximum atomic E-state index is 13.4. The van der Waals surface area contributed by atoms with Crippen LogP contribution in [-0.4, -0.2) is 40.2 Å². The zero-order valence-electron chi connectivity index (χ0n) is 19.3. The van der Waals surface area contributed by atoms with Crippen molar-refractivity contribution in [1.82, 2.24) is 20.6 Å². The molecule has 2 fully saturated rings. The molecular weight excluding hydrogens is 465 g/mol. The molecule has 2 N–H and O–H groups in total. The van der Waals surface area contributed by atoms with Gasteiger partial charge in [-0.1, -0.05) is 18.2 Å². The summed E-state index contributed by atoms with van der Waals surface area (Å²) in [6.45, 7) is 0.784. The highest BCUT2D eigenvalue weighted by Gasteiger charge is 2.27. The molecule has 0 atom stereocenters. The monoisotopic (exact) mass is 491 g/mol. The second-order valence-electron chi connectivity index (χ2n) is 8.96. The molecule has 1 aromatic heterocycles. The maximum Gasteiger partial charge on any atom is 0.290 e. The van der Waals surface area contributed by atoms with Gasteiger partial charge in [0, 0.05) is 31.9 Å². The Kier molecular flexibility index (Phi) is 6.79. The number of amides is 2. The van der Waals surface area contributed by atoms with E-state index in [-0.39, 0.29) is 11.1 Å². The molecule has 2 amide bonds. The highest BCUT2D eigenvalue weighted by Crippen LogP contribution is 2.27. The van der Waals surface area contributed by atoms with E-state index in [1.807, 2.05) is 19.2 Å². The number of fused-ring (bicyclic) bond motifs is 1. The normalized spacial score (nSPS) is 21.5. The Morgan fingerprint density at radius 3 is 2.66 bits per heavy atom. The lowest BCUT2D eigenvalue weighted by atomic mass is 9.90. The molecule has 7 nitrogen and oxygen atoms in total. The Hall–Kier alpha value is -3.30. The summed E-state index contributed by atoms with van der Waals surface area (Å²) in [5, 5.41) is 7.52. The number of aromatic nitrogens is 2. The predicted octanol–water partition coefficient (Wildman–Crippen LogP) is 4.63. The lowest BCUT2D eigenvalue weighted by Gasteiger charge is -2.35. The molecule has 0 radical (unpaired) electrons. The van der Waals surface area contributed by atoms with Crippen LogP contribution in [0.5, 0.6) is 0 Å². The first-order chi connectivity index (χ1) is 16.9. The van der Waals surface area contributed by atoms with Gasteiger partial charge < -0.3 is 10.2 Å². The van der Waals surface area contributed by atoms with E-state index in [0.29, 0.717) is 28.6 Å². The van der Waals surface area contributed by atoms with E-state index >= 15 is 0 Å². The van der Waals surface area contributed by atoms with Crippen LogP contribution in [0.3, 0.4) is 0 Å². The van der Waals surface area contributed by atoms with Crippen LogP contribution in [0.1, 0.15) is 36.9 Å². The molecule has 1 saturated heterocycles. The quantitative estimate of drug-likeness (QED) is 0.486. The summed E-state index contributed by atoms with van der Waals surface area (Å²) in [5.74, 6) is 0.00553. The molecule has 1 aliphatic carbocycles. The minimum atomic E-state index is -0.392. The topological polar surface area (TPSA) is 87.2 Å². The van der Waals surface area contributed by atoms with Crippen molar-refractivity contribution in [3.8, 4) is 0 Å². The average Bonchev–Trinajstić information content (AvgIpc) is 3.18. The second-order valence-corrected chi connectivity index (χ2v) is 9.97. The number of anilines is 1. The standard InChI is InChI=1S/C26H26FN5O2S/c1-32(25-28-11-10-21(30-25)14-23-24(33)31-26(34)35-23)22-8-6-20(7-9-22)29-15-16-2-3-18-13-19(27)5-4-17(18)12-16/h2-5,10-14,20,22,29H,6-9,15H2,1H3,(H,31,33,34)/b23-14-. The highest BCUT2D eigenvalue weighted by atomic mass is 32.2. The van der Waals surface area contributed by atoms with Crippen molar-refractivity contribution in [2.24, 2.45) is 0 Å². The summed E-state index contributed by atoms with van der Waals surface area (Å²) in [5.41, 5.74) is 1.79. The number of rotatable bonds is 6. The van der Waals surface area contributed by atoms with Crippen molar-refractivity contribution in [1.29, 1.82) is 0 Å². The van der Waals surface area contributed by atoms with Crippen LogP contribution in [0.15, 0.2) is 53.6 Å². The summed E-state index contributed by atoms with van der Waals surface area (Å²) in [4.78, 5) is 34.6. The van der Waals surface area contributed by atoms with Gasteiger partial charge in [0.15, 0.2) is 0 Å². The smallest absolute Gasteiger partial charge is 0.290 e. The molecule has 2 aliphatic rings. The van der Waals surface area contributed by atoms with Crippen molar-refractivity contribution >= 4 is 45.7 Å². The third kappa shape index (κ3) is 5.52. The number of carbonyl (C=O) groups is 2. The fraction of sp³-hybridized carbons (Fsp3) is 0.308. The minimum Gasteiger partial charge on any atom is -0.341 e. The molecule has 5 rings (SSSR count). The van der Waals surface area contributed by atoms with Crippen LogP contribution in [-0.2, 0) is 11.3 Å². The van der Waals surface area contributed by atoms with Crippen LogP contribution in [0.25, 0.3) is 16.8 Å². The molecular formula is C26H26FN5O2S. The highest BCUT2D eigenvalue weighted by molar-refractivity contribution is 8.18. The lowest BCUT2D eigenvalue weighted by molar-refractivity contribution is -0.115. The molecule has 0 bridgehead atoms. The summed E-state index contributed by atoms with van der Waals surface area (Å²) in [7, 11) is 2.00. The van der Waals surface area contributed by atoms with Crippen LogP contribution < -0.4 is 15.5 Å². The van der Waals surface area contributed by atoms with E-state index in [0.717, 1.165) is 54.8 Å². The van der Waals surface area contributed by atoms with Crippen molar-refractivity contribution < 1.29 is 14.0 Å². The molecule has 180 valence electrons. The molecule has 0 spiro atoms. The first-order valence-electron chi connectivity index (χ1n) is 11.7. The van der Waals surface area contributed by atoms with E-state index < -0.39 is 5.91 Å². The van der Waals surface area contributed by atoms with Gasteiger partial charge in [0.1, 0.15) is 5.82 Å². The van der Waals surface area contributed by atoms with E-state index in [1.54, 1.807) is 24.4 Å². The fourth-order valence-electron chi connectivity index (χ4n) is 4.64. The van der Waals surface area contributed by atoms with Gasteiger partial charge in [-0.25, -0.2) is 14.4 Å². The third-order valence-corrected chi connectivity index (χ3v) is 7.42. The van der Waals surface area contributed by atoms with Crippen LogP contribution >= 0.6 is 11.8 Å². The zero-order chi connectivity index (χ0) is 24.4. The molecule has 1 saturated carbocycles. The molecule has 9 heteroatoms. The summed E-state index contributed by atoms with van der Waals surface area (Å²) in [6.07, 6.45) is 7.44. The zero-order valence-corrected chi connectivity index (χ0v) is 20.1. The van der Waals surface area contributed by atoms with E-state index in [4.69, 9.17) is 0 Å². The first-order valence-corrected chi connectivity index (χ1v) is 12.5. The van der Waals surface area contributed by atoms with Gasteiger partial charge in [0.25, 0.3) is 11.1 Å². The Bertz CT molecular complexity index is 1310. The van der Waals surface area contributed by atoms with Crippen molar-refractivity contribution in [2.45, 2.75) is 44.3 Å². The number of carbonyl (C=O) groups excluding carboxylic acids is 2. The third-order valence-electron chi connectivity index (χ3n) is 6.61. The number of hydrogen-bond donors (Lipinski definition) is 2. The average molecular weight is 492 g/mol. The first kappa shape index (κ1) is 23.4. The molecule has 2 aromatic carbocycles. The molecule has 35 heavy (non-hydrogen) atoms. The van der Waals surface area contributed by atoms with Gasteiger partial charge in [-0.05, 0) is 84.1 Å². The van der Waals surface area contributed by atoms with E-state index in [1.165, 1.54) is 11.6 Å². The van der Waals surface area contributed by atoms with E-state index in [9.17, 15) is 14.0 Å². The van der Waals surface area contributed by atoms with Gasteiger partial charge in [0.05, 0.1) is 10.6 Å². The SMILES string of the molecule is CN(c1nccc(/C=C2\SC(=O)NC2=O)n1)C1CCC(NCc2ccc3cc(F)ccc3c2)CC1. The maximum absolute atomic E-state index is 13.4. The van der Waals surface area contributed by atoms with Crippen molar-refractivity contribution in [3.05, 3.63) is 70.6 Å². The summed E-state index contributed by atoms with van der Waals surface area (Å²) >= 11 is 0.880. The Morgan fingerprint density at radius 1 is 1.11 bits per heavy atom. The van der Waals surface area contributed by atoms with E-state index in [2.05, 4.69) is 37.6 Å². The van der Waals surface area contributed by atoms with Crippen molar-refractivity contribution in [3.63, 3.8) is 0 Å². The Labute approximate surface area is 207 Å². The Morgan fingerprint density at radius 2 is 1.89 bits per heavy atom. The molecule has 2 heterocycles. The summed E-state index contributed by atoms with van der Waals surface area (Å²) < 4.78 is 13.4. The number of imide groups is 1. The minimum absolute atomic E-state index is 0.212. The molecule has 1 aliphatic heterocycles. The molecule has 0 unspecified atom stereocenters. The largest absolute Gasteiger partial charge is 0.341 e. The van der Waals surface area contributed by atoms with Crippen molar-refractivity contribution in [2.75, 3.05) is 11.9 Å². The van der Waals surface area contributed by atoms with Gasteiger partial charge in [-0.2, -0.15) is 0 Å². The van der Waals surface area contributed by atoms with Gasteiger partial charge >= 0.3 is 0 Å². The van der Waals surface area contributed by atoms with Crippen LogP contribution in [0, 0.1) is 5.82 Å². The second kappa shape index (κ2) is 10.1. The summed E-state index contributed by atoms with van der Waals surface area (Å²) in [6, 6.07) is 13.5. The Balaban J connectivity index is 1.15. The molecule has 3 aromatic rings. The van der Waals surface area contributed by atoms with Crippen LogP contribution in [0.4, 0.5) is 15.1 Å². The van der Waals surface area contributed by atoms with Gasteiger partial charge in [-0.15, -0.1) is 0 Å². The fourth-order valence-corrected chi connectivity index (χ4v) is 5.30. The number of benzene rings is 2.